The molecule has 102 valence electrons. The third kappa shape index (κ3) is 2.23. The van der Waals surface area contributed by atoms with Gasteiger partial charge in [-0.1, -0.05) is 32.0 Å². The molecule has 1 saturated heterocycles. The lowest BCUT2D eigenvalue weighted by Crippen LogP contribution is -2.43. The van der Waals surface area contributed by atoms with Crippen LogP contribution in [0.25, 0.3) is 0 Å². The maximum absolute atomic E-state index is 9.34. The molecule has 1 unspecified atom stereocenters. The molecule has 2 heteroatoms. The highest BCUT2D eigenvalue weighted by Crippen LogP contribution is 2.42. The first kappa shape index (κ1) is 13.9. The third-order valence-corrected chi connectivity index (χ3v) is 4.51. The quantitative estimate of drug-likeness (QED) is 0.791. The molecule has 0 N–H and O–H groups in total. The van der Waals surface area contributed by atoms with E-state index in [1.165, 1.54) is 16.8 Å². The molecule has 0 aromatic heterocycles. The number of para-hydroxylation sites is 1. The third-order valence-electron chi connectivity index (χ3n) is 4.51. The van der Waals surface area contributed by atoms with E-state index in [2.05, 4.69) is 63.8 Å². The molecular formula is C17H24N2. The van der Waals surface area contributed by atoms with Crippen molar-refractivity contribution in [1.82, 2.24) is 0 Å². The zero-order chi connectivity index (χ0) is 14.2. The Balaban J connectivity index is 2.52. The highest BCUT2D eigenvalue weighted by atomic mass is 15.2. The van der Waals surface area contributed by atoms with E-state index in [0.717, 1.165) is 13.0 Å². The minimum absolute atomic E-state index is 0.0789. The number of rotatable bonds is 2. The van der Waals surface area contributed by atoms with Gasteiger partial charge in [-0.05, 0) is 44.2 Å². The molecule has 1 aromatic carbocycles. The minimum atomic E-state index is -0.0789. The largest absolute Gasteiger partial charge is 0.365 e. The minimum Gasteiger partial charge on any atom is -0.365 e. The SMILES string of the molecule is Cc1cccc(C(C)C)c1N1CCC(C#N)C1(C)C. The van der Waals surface area contributed by atoms with Gasteiger partial charge in [0.25, 0.3) is 0 Å². The van der Waals surface area contributed by atoms with Crippen LogP contribution in [0.5, 0.6) is 0 Å². The summed E-state index contributed by atoms with van der Waals surface area (Å²) < 4.78 is 0. The van der Waals surface area contributed by atoms with Crippen molar-refractivity contribution in [3.63, 3.8) is 0 Å². The van der Waals surface area contributed by atoms with Crippen LogP contribution in [0.3, 0.4) is 0 Å². The summed E-state index contributed by atoms with van der Waals surface area (Å²) in [6.07, 6.45) is 0.968. The number of anilines is 1. The predicted molar refractivity (Wildman–Crippen MR) is 80.4 cm³/mol. The molecule has 0 saturated carbocycles. The van der Waals surface area contributed by atoms with E-state index in [1.807, 2.05) is 0 Å². The molecule has 1 aromatic rings. The number of nitriles is 1. The highest BCUT2D eigenvalue weighted by Gasteiger charge is 2.42. The van der Waals surface area contributed by atoms with E-state index in [-0.39, 0.29) is 11.5 Å². The Labute approximate surface area is 117 Å². The molecule has 0 aliphatic carbocycles. The Morgan fingerprint density at radius 1 is 1.37 bits per heavy atom. The van der Waals surface area contributed by atoms with Crippen LogP contribution in [-0.4, -0.2) is 12.1 Å². The fourth-order valence-electron chi connectivity index (χ4n) is 3.23. The van der Waals surface area contributed by atoms with Gasteiger partial charge in [-0.3, -0.25) is 0 Å². The van der Waals surface area contributed by atoms with Gasteiger partial charge in [0.15, 0.2) is 0 Å². The van der Waals surface area contributed by atoms with Crippen molar-refractivity contribution < 1.29 is 0 Å². The summed E-state index contributed by atoms with van der Waals surface area (Å²) in [5, 5.41) is 9.34. The van der Waals surface area contributed by atoms with Crippen LogP contribution in [0.1, 0.15) is 51.2 Å². The Kier molecular flexibility index (Phi) is 3.58. The van der Waals surface area contributed by atoms with E-state index >= 15 is 0 Å². The summed E-state index contributed by atoms with van der Waals surface area (Å²) in [5.41, 5.74) is 3.98. The molecule has 1 aliphatic heterocycles. The van der Waals surface area contributed by atoms with Gasteiger partial charge >= 0.3 is 0 Å². The summed E-state index contributed by atoms with van der Waals surface area (Å²) in [6.45, 7) is 12.0. The van der Waals surface area contributed by atoms with Crippen molar-refractivity contribution in [2.75, 3.05) is 11.4 Å². The highest BCUT2D eigenvalue weighted by molar-refractivity contribution is 5.63. The maximum atomic E-state index is 9.34. The molecule has 1 heterocycles. The first-order valence-corrected chi connectivity index (χ1v) is 7.16. The second kappa shape index (κ2) is 4.89. The van der Waals surface area contributed by atoms with Crippen molar-refractivity contribution in [3.8, 4) is 6.07 Å². The number of aryl methyl sites for hydroxylation is 1. The van der Waals surface area contributed by atoms with Crippen molar-refractivity contribution in [1.29, 1.82) is 5.26 Å². The van der Waals surface area contributed by atoms with Crippen LogP contribution in [0.4, 0.5) is 5.69 Å². The molecule has 19 heavy (non-hydrogen) atoms. The second-order valence-corrected chi connectivity index (χ2v) is 6.44. The van der Waals surface area contributed by atoms with Crippen molar-refractivity contribution in [2.24, 2.45) is 5.92 Å². The van der Waals surface area contributed by atoms with Gasteiger partial charge in [0.2, 0.25) is 0 Å². The van der Waals surface area contributed by atoms with Gasteiger partial charge < -0.3 is 4.90 Å². The van der Waals surface area contributed by atoms with Crippen molar-refractivity contribution in [2.45, 2.75) is 52.5 Å². The molecule has 0 spiro atoms. The van der Waals surface area contributed by atoms with Crippen LogP contribution in [0, 0.1) is 24.2 Å². The van der Waals surface area contributed by atoms with Crippen LogP contribution < -0.4 is 4.90 Å². The Morgan fingerprint density at radius 3 is 2.58 bits per heavy atom. The molecule has 1 aliphatic rings. The number of hydrogen-bond acceptors (Lipinski definition) is 2. The molecule has 2 nitrogen and oxygen atoms in total. The lowest BCUT2D eigenvalue weighted by molar-refractivity contribution is 0.437. The molecule has 0 bridgehead atoms. The molecule has 1 fully saturated rings. The number of benzene rings is 1. The van der Waals surface area contributed by atoms with Gasteiger partial charge in [0.1, 0.15) is 0 Å². The first-order valence-electron chi connectivity index (χ1n) is 7.16. The lowest BCUT2D eigenvalue weighted by Gasteiger charge is -2.38. The topological polar surface area (TPSA) is 27.0 Å². The zero-order valence-electron chi connectivity index (χ0n) is 12.7. The molecular weight excluding hydrogens is 232 g/mol. The van der Waals surface area contributed by atoms with Gasteiger partial charge in [-0.15, -0.1) is 0 Å². The van der Waals surface area contributed by atoms with Crippen molar-refractivity contribution >= 4 is 5.69 Å². The fourth-order valence-corrected chi connectivity index (χ4v) is 3.23. The van der Waals surface area contributed by atoms with Gasteiger partial charge in [0.05, 0.1) is 17.5 Å². The summed E-state index contributed by atoms with van der Waals surface area (Å²) in [4.78, 5) is 2.45. The maximum Gasteiger partial charge on any atom is 0.0706 e. The summed E-state index contributed by atoms with van der Waals surface area (Å²) in [6, 6.07) is 9.02. The smallest absolute Gasteiger partial charge is 0.0706 e. The normalized spacial score (nSPS) is 21.7. The fraction of sp³-hybridized carbons (Fsp3) is 0.588. The van der Waals surface area contributed by atoms with Crippen LogP contribution in [-0.2, 0) is 0 Å². The monoisotopic (exact) mass is 256 g/mol. The van der Waals surface area contributed by atoms with Gasteiger partial charge in [-0.25, -0.2) is 0 Å². The van der Waals surface area contributed by atoms with E-state index in [4.69, 9.17) is 0 Å². The zero-order valence-corrected chi connectivity index (χ0v) is 12.7. The average Bonchev–Trinajstić information content (AvgIpc) is 2.63. The molecule has 1 atom stereocenters. The summed E-state index contributed by atoms with van der Waals surface area (Å²) in [5.74, 6) is 0.624. The standard InChI is InChI=1S/C17H24N2/c1-12(2)15-8-6-7-13(3)16(15)19-10-9-14(11-18)17(19,4)5/h6-8,12,14H,9-10H2,1-5H3. The lowest BCUT2D eigenvalue weighted by atomic mass is 9.88. The summed E-state index contributed by atoms with van der Waals surface area (Å²) in [7, 11) is 0. The van der Waals surface area contributed by atoms with Gasteiger partial charge in [0, 0.05) is 12.2 Å². The Morgan fingerprint density at radius 2 is 2.05 bits per heavy atom. The van der Waals surface area contributed by atoms with Crippen molar-refractivity contribution in [3.05, 3.63) is 29.3 Å². The predicted octanol–water partition coefficient (Wildman–Crippen LogP) is 4.25. The number of nitrogens with zero attached hydrogens (tertiary/aromatic N) is 2. The van der Waals surface area contributed by atoms with Crippen LogP contribution in [0.2, 0.25) is 0 Å². The van der Waals surface area contributed by atoms with E-state index in [1.54, 1.807) is 0 Å². The van der Waals surface area contributed by atoms with Crippen LogP contribution >= 0.6 is 0 Å². The molecule has 2 rings (SSSR count). The van der Waals surface area contributed by atoms with E-state index in [9.17, 15) is 5.26 Å². The second-order valence-electron chi connectivity index (χ2n) is 6.44. The Hall–Kier alpha value is -1.49. The van der Waals surface area contributed by atoms with Crippen LogP contribution in [0.15, 0.2) is 18.2 Å². The first-order chi connectivity index (χ1) is 8.89. The molecule has 0 radical (unpaired) electrons. The Bertz CT molecular complexity index is 508. The van der Waals surface area contributed by atoms with E-state index in [0.29, 0.717) is 5.92 Å². The summed E-state index contributed by atoms with van der Waals surface area (Å²) >= 11 is 0. The van der Waals surface area contributed by atoms with E-state index < -0.39 is 0 Å². The number of hydrogen-bond donors (Lipinski definition) is 0. The van der Waals surface area contributed by atoms with Gasteiger partial charge in [-0.2, -0.15) is 5.26 Å². The molecule has 0 amide bonds. The average molecular weight is 256 g/mol.